The monoisotopic (exact) mass is 540 g/mol. The fourth-order valence-electron chi connectivity index (χ4n) is 3.44. The van der Waals surface area contributed by atoms with E-state index in [1.807, 2.05) is 42.5 Å². The van der Waals surface area contributed by atoms with Crippen LogP contribution in [0.4, 0.5) is 5.69 Å². The second-order valence-corrected chi connectivity index (χ2v) is 9.78. The summed E-state index contributed by atoms with van der Waals surface area (Å²) < 4.78 is 1.22. The van der Waals surface area contributed by atoms with Crippen LogP contribution in [0.25, 0.3) is 16.8 Å². The van der Waals surface area contributed by atoms with Gasteiger partial charge in [-0.2, -0.15) is 9.61 Å². The highest BCUT2D eigenvalue weighted by atomic mass is 35.5. The second kappa shape index (κ2) is 9.79. The number of halogens is 3. The predicted molar refractivity (Wildman–Crippen MR) is 140 cm³/mol. The summed E-state index contributed by atoms with van der Waals surface area (Å²) in [6.07, 6.45) is 2.89. The normalized spacial score (nSPS) is 11.1. The van der Waals surface area contributed by atoms with Crippen molar-refractivity contribution in [3.63, 3.8) is 0 Å². The molecule has 0 aliphatic carbocycles. The van der Waals surface area contributed by atoms with E-state index < -0.39 is 5.91 Å². The fourth-order valence-corrected chi connectivity index (χ4v) is 4.87. The van der Waals surface area contributed by atoms with Gasteiger partial charge in [-0.3, -0.25) is 4.79 Å². The molecule has 10 heteroatoms. The Kier molecular flexibility index (Phi) is 6.58. The summed E-state index contributed by atoms with van der Waals surface area (Å²) in [5.41, 5.74) is 2.28. The maximum atomic E-state index is 12.8. The van der Waals surface area contributed by atoms with Crippen molar-refractivity contribution in [1.29, 1.82) is 0 Å². The first kappa shape index (κ1) is 23.5. The first-order chi connectivity index (χ1) is 16.9. The topological polar surface area (TPSA) is 79.5 Å². The molecule has 0 bridgehead atoms. The minimum Gasteiger partial charge on any atom is -0.493 e. The molecule has 0 fully saturated rings. The summed E-state index contributed by atoms with van der Waals surface area (Å²) in [6, 6.07) is 21.0. The Morgan fingerprint density at radius 1 is 0.914 bits per heavy atom. The number of carbonyl (C=O) groups is 1. The molecule has 0 saturated carbocycles. The van der Waals surface area contributed by atoms with Gasteiger partial charge in [0.1, 0.15) is 5.56 Å². The molecule has 0 atom stereocenters. The first-order valence-electron chi connectivity index (χ1n) is 10.3. The van der Waals surface area contributed by atoms with Gasteiger partial charge in [-0.05, 0) is 42.0 Å². The third-order valence-electron chi connectivity index (χ3n) is 5.13. The van der Waals surface area contributed by atoms with Gasteiger partial charge < -0.3 is 10.4 Å². The Morgan fingerprint density at radius 2 is 1.57 bits per heavy atom. The lowest BCUT2D eigenvalue weighted by molar-refractivity contribution is 0.102. The predicted octanol–water partition coefficient (Wildman–Crippen LogP) is 7.47. The van der Waals surface area contributed by atoms with Gasteiger partial charge in [-0.25, -0.2) is 4.98 Å². The maximum absolute atomic E-state index is 12.8. The van der Waals surface area contributed by atoms with E-state index in [0.717, 1.165) is 20.9 Å². The average Bonchev–Trinajstić information content (AvgIpc) is 3.29. The smallest absolute Gasteiger partial charge is 0.262 e. The molecule has 5 aromatic rings. The summed E-state index contributed by atoms with van der Waals surface area (Å²) in [7, 11) is 0. The van der Waals surface area contributed by atoms with Gasteiger partial charge in [0.25, 0.3) is 5.91 Å². The lowest BCUT2D eigenvalue weighted by atomic mass is 10.1. The van der Waals surface area contributed by atoms with Gasteiger partial charge >= 0.3 is 0 Å². The quantitative estimate of drug-likeness (QED) is 0.226. The molecule has 3 aromatic carbocycles. The number of hydrogen-bond donors (Lipinski definition) is 2. The molecule has 0 saturated heterocycles. The van der Waals surface area contributed by atoms with Crippen molar-refractivity contribution in [3.8, 4) is 17.0 Å². The number of hydrogen-bond acceptors (Lipinski definition) is 5. The molecule has 35 heavy (non-hydrogen) atoms. The highest BCUT2D eigenvalue weighted by molar-refractivity contribution is 7.99. The molecule has 6 nitrogen and oxygen atoms in total. The lowest BCUT2D eigenvalue weighted by Gasteiger charge is -2.09. The molecule has 0 aliphatic rings. The first-order valence-corrected chi connectivity index (χ1v) is 12.2. The van der Waals surface area contributed by atoms with E-state index in [9.17, 15) is 9.90 Å². The van der Waals surface area contributed by atoms with Crippen LogP contribution in [0.5, 0.6) is 5.88 Å². The molecule has 5 rings (SSSR count). The largest absolute Gasteiger partial charge is 0.493 e. The Hall–Kier alpha value is -3.23. The summed E-state index contributed by atoms with van der Waals surface area (Å²) >= 11 is 19.7. The second-order valence-electron chi connectivity index (χ2n) is 7.44. The Balaban J connectivity index is 1.40. The van der Waals surface area contributed by atoms with E-state index in [0.29, 0.717) is 11.3 Å². The fraction of sp³-hybridized carbons (Fsp3) is 0. The van der Waals surface area contributed by atoms with Gasteiger partial charge in [-0.1, -0.05) is 76.9 Å². The van der Waals surface area contributed by atoms with E-state index in [-0.39, 0.29) is 26.5 Å². The molecule has 0 aliphatic heterocycles. The van der Waals surface area contributed by atoms with Crippen LogP contribution in [0.3, 0.4) is 0 Å². The number of nitrogens with zero attached hydrogens (tertiary/aromatic N) is 3. The number of anilines is 1. The molecule has 0 radical (unpaired) electrons. The number of fused-ring (bicyclic) bond motifs is 1. The Bertz CT molecular complexity index is 1530. The Labute approximate surface area is 219 Å². The van der Waals surface area contributed by atoms with Crippen LogP contribution >= 0.6 is 46.6 Å². The number of aromatic hydroxyl groups is 1. The van der Waals surface area contributed by atoms with Crippen molar-refractivity contribution >= 4 is 63.8 Å². The van der Waals surface area contributed by atoms with E-state index in [1.165, 1.54) is 22.8 Å². The van der Waals surface area contributed by atoms with Crippen LogP contribution in [0.1, 0.15) is 10.4 Å². The van der Waals surface area contributed by atoms with E-state index in [4.69, 9.17) is 34.8 Å². The van der Waals surface area contributed by atoms with Crippen molar-refractivity contribution in [2.45, 2.75) is 9.79 Å². The number of benzene rings is 3. The molecule has 2 heterocycles. The standard InChI is InChI=1S/C25H15Cl3N4O2S/c26-20-10-15(11-21(27)22(20)28)31-24(33)19-12-29-23-18(13-30-32(23)25(19)34)14-6-8-17(9-7-14)35-16-4-2-1-3-5-16/h1-13,34H,(H,31,33). The third-order valence-corrected chi connectivity index (χ3v) is 7.34. The molecular formula is C25H15Cl3N4O2S. The van der Waals surface area contributed by atoms with Gasteiger partial charge in [-0.15, -0.1) is 0 Å². The molecule has 174 valence electrons. The van der Waals surface area contributed by atoms with Crippen molar-refractivity contribution in [2.75, 3.05) is 5.32 Å². The number of carbonyl (C=O) groups excluding carboxylic acids is 1. The van der Waals surface area contributed by atoms with Crippen molar-refractivity contribution in [2.24, 2.45) is 0 Å². The number of nitrogens with one attached hydrogen (secondary N) is 1. The van der Waals surface area contributed by atoms with Crippen LogP contribution in [0.2, 0.25) is 15.1 Å². The number of aromatic nitrogens is 3. The Morgan fingerprint density at radius 3 is 2.26 bits per heavy atom. The zero-order valence-corrected chi connectivity index (χ0v) is 20.8. The third kappa shape index (κ3) is 4.81. The van der Waals surface area contributed by atoms with Crippen molar-refractivity contribution < 1.29 is 9.90 Å². The van der Waals surface area contributed by atoms with Gasteiger partial charge in [0.05, 0.1) is 21.3 Å². The summed E-state index contributed by atoms with van der Waals surface area (Å²) in [5.74, 6) is -0.952. The number of rotatable bonds is 5. The summed E-state index contributed by atoms with van der Waals surface area (Å²) in [5, 5.41) is 18.2. The maximum Gasteiger partial charge on any atom is 0.262 e. The van der Waals surface area contributed by atoms with Crippen LogP contribution in [-0.2, 0) is 0 Å². The van der Waals surface area contributed by atoms with Gasteiger partial charge in [0.15, 0.2) is 5.65 Å². The number of amides is 1. The molecule has 0 spiro atoms. The molecular weight excluding hydrogens is 527 g/mol. The average molecular weight is 542 g/mol. The minimum absolute atomic E-state index is 0.0658. The SMILES string of the molecule is O=C(Nc1cc(Cl)c(Cl)c(Cl)c1)c1cnc2c(-c3ccc(Sc4ccccc4)cc3)cnn2c1O. The molecule has 1 amide bonds. The van der Waals surface area contributed by atoms with Crippen LogP contribution in [0, 0.1) is 0 Å². The minimum atomic E-state index is -0.606. The van der Waals surface area contributed by atoms with E-state index in [2.05, 4.69) is 27.5 Å². The zero-order chi connectivity index (χ0) is 24.5. The molecule has 0 unspecified atom stereocenters. The van der Waals surface area contributed by atoms with Crippen LogP contribution < -0.4 is 5.32 Å². The summed E-state index contributed by atoms with van der Waals surface area (Å²) in [4.78, 5) is 19.4. The van der Waals surface area contributed by atoms with Gasteiger partial charge in [0.2, 0.25) is 5.88 Å². The van der Waals surface area contributed by atoms with Crippen LogP contribution in [0.15, 0.2) is 88.9 Å². The van der Waals surface area contributed by atoms with Gasteiger partial charge in [0, 0.05) is 27.2 Å². The molecule has 2 N–H and O–H groups in total. The van der Waals surface area contributed by atoms with E-state index in [1.54, 1.807) is 18.0 Å². The van der Waals surface area contributed by atoms with Crippen molar-refractivity contribution in [3.05, 3.63) is 99.8 Å². The zero-order valence-electron chi connectivity index (χ0n) is 17.7. The molecule has 2 aromatic heterocycles. The highest BCUT2D eigenvalue weighted by Crippen LogP contribution is 2.34. The van der Waals surface area contributed by atoms with Crippen molar-refractivity contribution in [1.82, 2.24) is 14.6 Å². The van der Waals surface area contributed by atoms with E-state index >= 15 is 0 Å². The highest BCUT2D eigenvalue weighted by Gasteiger charge is 2.19. The van der Waals surface area contributed by atoms with Crippen LogP contribution in [-0.4, -0.2) is 25.6 Å². The summed E-state index contributed by atoms with van der Waals surface area (Å²) in [6.45, 7) is 0. The lowest BCUT2D eigenvalue weighted by Crippen LogP contribution is -2.14.